The lowest BCUT2D eigenvalue weighted by Gasteiger charge is -2.32. The molecule has 0 aromatic carbocycles. The molecule has 1 aliphatic rings. The van der Waals surface area contributed by atoms with Crippen molar-refractivity contribution in [3.8, 4) is 11.4 Å². The number of carbonyl (C=O) groups is 1. The summed E-state index contributed by atoms with van der Waals surface area (Å²) >= 11 is 0. The summed E-state index contributed by atoms with van der Waals surface area (Å²) in [6.07, 6.45) is 3.96. The Morgan fingerprint density at radius 2 is 2.31 bits per heavy atom. The van der Waals surface area contributed by atoms with Crippen molar-refractivity contribution in [2.75, 3.05) is 25.5 Å². The van der Waals surface area contributed by atoms with E-state index < -0.39 is 0 Å². The first-order valence-corrected chi connectivity index (χ1v) is 8.75. The summed E-state index contributed by atoms with van der Waals surface area (Å²) in [4.78, 5) is 36.7. The van der Waals surface area contributed by atoms with E-state index in [1.165, 1.54) is 13.2 Å². The van der Waals surface area contributed by atoms with E-state index in [4.69, 9.17) is 4.74 Å². The number of likely N-dealkylation sites (tertiary alicyclic amines) is 1. The van der Waals surface area contributed by atoms with Gasteiger partial charge in [-0.25, -0.2) is 14.8 Å². The number of piperidine rings is 1. The first-order chi connectivity index (χ1) is 12.6. The highest BCUT2D eigenvalue weighted by Gasteiger charge is 2.24. The molecular formula is C18H23N5O3. The summed E-state index contributed by atoms with van der Waals surface area (Å²) in [5.74, 6) is 1.24. The Kier molecular flexibility index (Phi) is 5.50. The van der Waals surface area contributed by atoms with Gasteiger partial charge in [0, 0.05) is 42.7 Å². The second-order valence-corrected chi connectivity index (χ2v) is 6.27. The fourth-order valence-electron chi connectivity index (χ4n) is 3.04. The van der Waals surface area contributed by atoms with Gasteiger partial charge in [-0.2, -0.15) is 0 Å². The van der Waals surface area contributed by atoms with Gasteiger partial charge in [0.1, 0.15) is 11.6 Å². The number of carbonyl (C=O) groups excluding carboxylic acids is 1. The fraction of sp³-hybridized carbons (Fsp3) is 0.444. The number of methoxy groups -OCH3 is 1. The molecule has 1 unspecified atom stereocenters. The smallest absolute Gasteiger partial charge is 0.409 e. The van der Waals surface area contributed by atoms with E-state index in [1.807, 2.05) is 19.1 Å². The number of hydrogen-bond donors (Lipinski definition) is 2. The Bertz CT molecular complexity index is 818. The molecule has 1 aliphatic heterocycles. The first kappa shape index (κ1) is 17.9. The molecule has 2 aromatic heterocycles. The number of aryl methyl sites for hydroxylation is 1. The summed E-state index contributed by atoms with van der Waals surface area (Å²) in [6.45, 7) is 3.26. The summed E-state index contributed by atoms with van der Waals surface area (Å²) in [5, 5.41) is 3.35. The van der Waals surface area contributed by atoms with E-state index in [0.717, 1.165) is 29.9 Å². The second kappa shape index (κ2) is 7.99. The van der Waals surface area contributed by atoms with Crippen LogP contribution in [0.25, 0.3) is 11.4 Å². The Hall–Kier alpha value is -2.90. The van der Waals surface area contributed by atoms with Crippen molar-refractivity contribution in [2.24, 2.45) is 0 Å². The van der Waals surface area contributed by atoms with Gasteiger partial charge in [0.05, 0.1) is 7.11 Å². The van der Waals surface area contributed by atoms with Crippen LogP contribution in [0, 0.1) is 0 Å². The zero-order valence-electron chi connectivity index (χ0n) is 15.0. The molecule has 138 valence electrons. The minimum atomic E-state index is -0.300. The summed E-state index contributed by atoms with van der Waals surface area (Å²) in [5.41, 5.74) is 1.33. The molecule has 1 amide bonds. The molecule has 26 heavy (non-hydrogen) atoms. The van der Waals surface area contributed by atoms with Gasteiger partial charge in [-0.05, 0) is 31.4 Å². The van der Waals surface area contributed by atoms with Gasteiger partial charge < -0.3 is 19.9 Å². The van der Waals surface area contributed by atoms with Crippen LogP contribution in [0.3, 0.4) is 0 Å². The van der Waals surface area contributed by atoms with Gasteiger partial charge >= 0.3 is 6.09 Å². The minimum Gasteiger partial charge on any atom is -0.453 e. The van der Waals surface area contributed by atoms with Crippen LogP contribution in [0.5, 0.6) is 0 Å². The van der Waals surface area contributed by atoms with Gasteiger partial charge in [-0.1, -0.05) is 6.92 Å². The largest absolute Gasteiger partial charge is 0.453 e. The third-order valence-corrected chi connectivity index (χ3v) is 4.40. The van der Waals surface area contributed by atoms with Crippen LogP contribution in [0.4, 0.5) is 10.6 Å². The monoisotopic (exact) mass is 357 g/mol. The maximum absolute atomic E-state index is 11.7. The van der Waals surface area contributed by atoms with E-state index in [-0.39, 0.29) is 17.7 Å². The van der Waals surface area contributed by atoms with Crippen molar-refractivity contribution in [3.05, 3.63) is 40.4 Å². The average Bonchev–Trinajstić information content (AvgIpc) is 2.67. The number of ether oxygens (including phenoxy) is 1. The molecule has 0 radical (unpaired) electrons. The Balaban J connectivity index is 1.69. The van der Waals surface area contributed by atoms with Gasteiger partial charge in [0.25, 0.3) is 5.56 Å². The topological polar surface area (TPSA) is 100 Å². The molecule has 0 saturated carbocycles. The zero-order valence-corrected chi connectivity index (χ0v) is 15.0. The molecule has 1 atom stereocenters. The van der Waals surface area contributed by atoms with Gasteiger partial charge in [0.2, 0.25) is 0 Å². The molecule has 0 bridgehead atoms. The second-order valence-electron chi connectivity index (χ2n) is 6.27. The van der Waals surface area contributed by atoms with E-state index >= 15 is 0 Å². The fourth-order valence-corrected chi connectivity index (χ4v) is 3.04. The highest BCUT2D eigenvalue weighted by molar-refractivity contribution is 5.67. The van der Waals surface area contributed by atoms with E-state index in [9.17, 15) is 9.59 Å². The van der Waals surface area contributed by atoms with E-state index in [1.54, 1.807) is 11.1 Å². The maximum Gasteiger partial charge on any atom is 0.409 e. The lowest BCUT2D eigenvalue weighted by molar-refractivity contribution is 0.113. The Morgan fingerprint density at radius 1 is 1.46 bits per heavy atom. The number of anilines is 1. The van der Waals surface area contributed by atoms with Crippen LogP contribution < -0.4 is 10.9 Å². The number of nitrogens with one attached hydrogen (secondary N) is 2. The number of hydrogen-bond acceptors (Lipinski definition) is 6. The molecule has 1 saturated heterocycles. The number of aromatic amines is 1. The normalized spacial score (nSPS) is 17.0. The van der Waals surface area contributed by atoms with Crippen molar-refractivity contribution in [2.45, 2.75) is 32.2 Å². The Morgan fingerprint density at radius 3 is 3.00 bits per heavy atom. The molecular weight excluding hydrogens is 334 g/mol. The van der Waals surface area contributed by atoms with Crippen LogP contribution in [0.1, 0.15) is 25.5 Å². The summed E-state index contributed by atoms with van der Waals surface area (Å²) in [6, 6.07) is 5.35. The number of rotatable bonds is 4. The van der Waals surface area contributed by atoms with Crippen LogP contribution >= 0.6 is 0 Å². The number of pyridine rings is 1. The lowest BCUT2D eigenvalue weighted by atomic mass is 10.1. The SMILES string of the molecule is CCc1cc(=O)[nH]c(-c2ccc(NC3CCCN(C(=O)OC)C3)nc2)n1. The molecule has 1 fully saturated rings. The third kappa shape index (κ3) is 4.19. The minimum absolute atomic E-state index is 0.127. The molecule has 8 heteroatoms. The molecule has 8 nitrogen and oxygen atoms in total. The summed E-state index contributed by atoms with van der Waals surface area (Å²) < 4.78 is 4.79. The molecule has 0 aliphatic carbocycles. The van der Waals surface area contributed by atoms with Crippen molar-refractivity contribution in [1.82, 2.24) is 19.9 Å². The molecule has 0 spiro atoms. The molecule has 2 N–H and O–H groups in total. The quantitative estimate of drug-likeness (QED) is 0.868. The molecule has 3 rings (SSSR count). The molecule has 3 heterocycles. The third-order valence-electron chi connectivity index (χ3n) is 4.40. The predicted molar refractivity (Wildman–Crippen MR) is 98.1 cm³/mol. The van der Waals surface area contributed by atoms with Crippen molar-refractivity contribution < 1.29 is 9.53 Å². The standard InChI is InChI=1S/C18H23N5O3/c1-3-13-9-16(24)22-17(21-13)12-6-7-15(19-10-12)20-14-5-4-8-23(11-14)18(25)26-2/h6-7,9-10,14H,3-5,8,11H2,1-2H3,(H,19,20)(H,21,22,24). The predicted octanol–water partition coefficient (Wildman–Crippen LogP) is 2.04. The van der Waals surface area contributed by atoms with Crippen LogP contribution in [0.15, 0.2) is 29.2 Å². The number of aromatic nitrogens is 3. The zero-order chi connectivity index (χ0) is 18.5. The maximum atomic E-state index is 11.7. The number of nitrogens with zero attached hydrogens (tertiary/aromatic N) is 3. The lowest BCUT2D eigenvalue weighted by Crippen LogP contribution is -2.45. The van der Waals surface area contributed by atoms with Crippen LogP contribution in [-0.2, 0) is 11.2 Å². The molecule has 2 aromatic rings. The van der Waals surface area contributed by atoms with Crippen molar-refractivity contribution in [3.63, 3.8) is 0 Å². The Labute approximate surface area is 151 Å². The highest BCUT2D eigenvalue weighted by Crippen LogP contribution is 2.18. The number of amides is 1. The van der Waals surface area contributed by atoms with E-state index in [0.29, 0.717) is 25.3 Å². The number of H-pyrrole nitrogens is 1. The van der Waals surface area contributed by atoms with Gasteiger partial charge in [-0.15, -0.1) is 0 Å². The van der Waals surface area contributed by atoms with Gasteiger partial charge in [-0.3, -0.25) is 4.79 Å². The average molecular weight is 357 g/mol. The van der Waals surface area contributed by atoms with Gasteiger partial charge in [0.15, 0.2) is 0 Å². The summed E-state index contributed by atoms with van der Waals surface area (Å²) in [7, 11) is 1.39. The van der Waals surface area contributed by atoms with Crippen LogP contribution in [0.2, 0.25) is 0 Å². The first-order valence-electron chi connectivity index (χ1n) is 8.75. The van der Waals surface area contributed by atoms with E-state index in [2.05, 4.69) is 20.3 Å². The van der Waals surface area contributed by atoms with Crippen molar-refractivity contribution in [1.29, 1.82) is 0 Å². The highest BCUT2D eigenvalue weighted by atomic mass is 16.5. The van der Waals surface area contributed by atoms with Crippen molar-refractivity contribution >= 4 is 11.9 Å². The van der Waals surface area contributed by atoms with Crippen LogP contribution in [-0.4, -0.2) is 52.2 Å².